The Morgan fingerprint density at radius 3 is 2.53 bits per heavy atom. The summed E-state index contributed by atoms with van der Waals surface area (Å²) in [6.45, 7) is 3.73. The number of nitrogens with zero attached hydrogens (tertiary/aromatic N) is 4. The van der Waals surface area contributed by atoms with E-state index < -0.39 is 10.2 Å². The predicted octanol–water partition coefficient (Wildman–Crippen LogP) is 2.69. The highest BCUT2D eigenvalue weighted by Gasteiger charge is 2.36. The smallest absolute Gasteiger partial charge is 0.282 e. The van der Waals surface area contributed by atoms with Gasteiger partial charge in [-0.2, -0.15) is 17.0 Å². The standard InChI is InChI=1S/C23H33N5O3S/c1-18(23(29)25-22-12-6-11-21-20(22)10-7-13-24-21)27-14-16-28(17-15-27)32(30,31)26(2)19-8-4-3-5-9-19/h6-7,10-13,18-19H,3-5,8-9,14-17H2,1-2H3,(H,25,29). The van der Waals surface area contributed by atoms with Gasteiger partial charge in [-0.25, -0.2) is 0 Å². The molecule has 1 N–H and O–H groups in total. The van der Waals surface area contributed by atoms with Crippen LogP contribution in [0.4, 0.5) is 5.69 Å². The van der Waals surface area contributed by atoms with Gasteiger partial charge in [0.05, 0.1) is 17.2 Å². The second kappa shape index (κ2) is 9.82. The van der Waals surface area contributed by atoms with Gasteiger partial charge in [0.2, 0.25) is 5.91 Å². The number of amides is 1. The molecular weight excluding hydrogens is 426 g/mol. The molecule has 1 aliphatic carbocycles. The molecule has 2 aliphatic rings. The first-order chi connectivity index (χ1) is 15.4. The van der Waals surface area contributed by atoms with E-state index in [1.807, 2.05) is 42.2 Å². The predicted molar refractivity (Wildman–Crippen MR) is 127 cm³/mol. The van der Waals surface area contributed by atoms with Crippen molar-refractivity contribution in [3.8, 4) is 0 Å². The van der Waals surface area contributed by atoms with Crippen molar-refractivity contribution in [1.82, 2.24) is 18.5 Å². The number of hydrogen-bond acceptors (Lipinski definition) is 5. The Balaban J connectivity index is 1.35. The molecule has 1 saturated carbocycles. The number of pyridine rings is 1. The molecule has 0 spiro atoms. The summed E-state index contributed by atoms with van der Waals surface area (Å²) in [7, 11) is -1.76. The van der Waals surface area contributed by atoms with Crippen LogP contribution >= 0.6 is 0 Å². The molecule has 0 radical (unpaired) electrons. The summed E-state index contributed by atoms with van der Waals surface area (Å²) in [6.07, 6.45) is 7.00. The molecule has 2 fully saturated rings. The first-order valence-electron chi connectivity index (χ1n) is 11.5. The Labute approximate surface area is 190 Å². The van der Waals surface area contributed by atoms with Gasteiger partial charge >= 0.3 is 0 Å². The lowest BCUT2D eigenvalue weighted by Gasteiger charge is -2.40. The highest BCUT2D eigenvalue weighted by atomic mass is 32.2. The zero-order valence-electron chi connectivity index (χ0n) is 18.9. The fourth-order valence-corrected chi connectivity index (χ4v) is 6.33. The van der Waals surface area contributed by atoms with Gasteiger partial charge < -0.3 is 5.32 Å². The fraction of sp³-hybridized carbons (Fsp3) is 0.565. The first-order valence-corrected chi connectivity index (χ1v) is 12.9. The van der Waals surface area contributed by atoms with Crippen LogP contribution in [0.2, 0.25) is 0 Å². The van der Waals surface area contributed by atoms with Crippen LogP contribution in [-0.2, 0) is 15.0 Å². The van der Waals surface area contributed by atoms with E-state index in [0.29, 0.717) is 26.2 Å². The van der Waals surface area contributed by atoms with Gasteiger partial charge in [0.1, 0.15) is 0 Å². The summed E-state index contributed by atoms with van der Waals surface area (Å²) in [5.41, 5.74) is 1.57. The zero-order chi connectivity index (χ0) is 22.7. The maximum atomic E-state index is 13.1. The molecule has 0 bridgehead atoms. The Morgan fingerprint density at radius 1 is 1.09 bits per heavy atom. The number of carbonyl (C=O) groups is 1. The van der Waals surface area contributed by atoms with E-state index in [1.165, 1.54) is 6.42 Å². The van der Waals surface area contributed by atoms with E-state index in [0.717, 1.165) is 42.3 Å². The number of benzene rings is 1. The van der Waals surface area contributed by atoms with E-state index in [2.05, 4.69) is 10.3 Å². The Bertz CT molecular complexity index is 1040. The van der Waals surface area contributed by atoms with Crippen molar-refractivity contribution in [2.24, 2.45) is 0 Å². The summed E-state index contributed by atoms with van der Waals surface area (Å²) in [5.74, 6) is -0.100. The van der Waals surface area contributed by atoms with Crippen LogP contribution in [0.3, 0.4) is 0 Å². The average molecular weight is 460 g/mol. The van der Waals surface area contributed by atoms with Gasteiger partial charge in [-0.3, -0.25) is 14.7 Å². The third-order valence-corrected chi connectivity index (χ3v) is 8.93. The number of hydrogen-bond donors (Lipinski definition) is 1. The number of fused-ring (bicyclic) bond motifs is 1. The molecule has 4 rings (SSSR count). The summed E-state index contributed by atoms with van der Waals surface area (Å²) in [6, 6.07) is 9.20. The third kappa shape index (κ3) is 4.80. The maximum absolute atomic E-state index is 13.1. The lowest BCUT2D eigenvalue weighted by molar-refractivity contribution is -0.121. The van der Waals surface area contributed by atoms with E-state index >= 15 is 0 Å². The van der Waals surface area contributed by atoms with Gasteiger partial charge in [-0.05, 0) is 44.0 Å². The number of carbonyl (C=O) groups excluding carboxylic acids is 1. The molecule has 32 heavy (non-hydrogen) atoms. The lowest BCUT2D eigenvalue weighted by Crippen LogP contribution is -2.57. The second-order valence-electron chi connectivity index (χ2n) is 8.79. The van der Waals surface area contributed by atoms with Crippen molar-refractivity contribution < 1.29 is 13.2 Å². The third-order valence-electron chi connectivity index (χ3n) is 6.88. The van der Waals surface area contributed by atoms with Crippen LogP contribution in [-0.4, -0.2) is 78.1 Å². The summed E-state index contributed by atoms with van der Waals surface area (Å²) < 4.78 is 29.4. The minimum atomic E-state index is -3.47. The van der Waals surface area contributed by atoms with E-state index in [9.17, 15) is 13.2 Å². The Hall–Kier alpha value is -2.07. The molecule has 8 nitrogen and oxygen atoms in total. The van der Waals surface area contributed by atoms with Crippen LogP contribution in [0.5, 0.6) is 0 Å². The normalized spacial score (nSPS) is 20.5. The molecule has 1 unspecified atom stereocenters. The van der Waals surface area contributed by atoms with Gasteiger partial charge in [-0.1, -0.05) is 25.3 Å². The van der Waals surface area contributed by atoms with Gasteiger partial charge in [0, 0.05) is 50.9 Å². The fourth-order valence-electron chi connectivity index (χ4n) is 4.75. The topological polar surface area (TPSA) is 85.9 Å². The zero-order valence-corrected chi connectivity index (χ0v) is 19.7. The largest absolute Gasteiger partial charge is 0.324 e. The molecule has 1 aliphatic heterocycles. The van der Waals surface area contributed by atoms with Crippen LogP contribution < -0.4 is 5.32 Å². The quantitative estimate of drug-likeness (QED) is 0.718. The molecule has 1 saturated heterocycles. The van der Waals surface area contributed by atoms with E-state index in [1.54, 1.807) is 21.9 Å². The SMILES string of the molecule is CC(C(=O)Nc1cccc2ncccc12)N1CCN(S(=O)(=O)N(C)C2CCCCC2)CC1. The summed E-state index contributed by atoms with van der Waals surface area (Å²) >= 11 is 0. The Kier molecular flexibility index (Phi) is 7.09. The lowest BCUT2D eigenvalue weighted by atomic mass is 9.96. The van der Waals surface area contributed by atoms with Crippen LogP contribution in [0.25, 0.3) is 10.9 Å². The maximum Gasteiger partial charge on any atom is 0.282 e. The molecule has 9 heteroatoms. The van der Waals surface area contributed by atoms with Crippen molar-refractivity contribution in [3.63, 3.8) is 0 Å². The molecule has 2 heterocycles. The summed E-state index contributed by atoms with van der Waals surface area (Å²) in [5, 5.41) is 3.92. The molecular formula is C23H33N5O3S. The molecule has 1 atom stereocenters. The van der Waals surface area contributed by atoms with Crippen molar-refractivity contribution >= 4 is 32.7 Å². The summed E-state index contributed by atoms with van der Waals surface area (Å²) in [4.78, 5) is 19.3. The van der Waals surface area contributed by atoms with Crippen molar-refractivity contribution in [2.45, 2.75) is 51.1 Å². The minimum Gasteiger partial charge on any atom is -0.324 e. The van der Waals surface area contributed by atoms with Crippen molar-refractivity contribution in [1.29, 1.82) is 0 Å². The van der Waals surface area contributed by atoms with Crippen LogP contribution in [0.1, 0.15) is 39.0 Å². The van der Waals surface area contributed by atoms with Gasteiger partial charge in [-0.15, -0.1) is 0 Å². The van der Waals surface area contributed by atoms with E-state index in [-0.39, 0.29) is 18.0 Å². The molecule has 2 aromatic rings. The number of nitrogens with one attached hydrogen (secondary N) is 1. The monoisotopic (exact) mass is 459 g/mol. The van der Waals surface area contributed by atoms with E-state index in [4.69, 9.17) is 0 Å². The molecule has 1 aromatic heterocycles. The molecule has 174 valence electrons. The van der Waals surface area contributed by atoms with Gasteiger partial charge in [0.15, 0.2) is 0 Å². The number of aromatic nitrogens is 1. The molecule has 1 amide bonds. The number of rotatable bonds is 6. The number of anilines is 1. The highest BCUT2D eigenvalue weighted by Crippen LogP contribution is 2.26. The molecule has 1 aromatic carbocycles. The highest BCUT2D eigenvalue weighted by molar-refractivity contribution is 7.86. The van der Waals surface area contributed by atoms with Crippen LogP contribution in [0, 0.1) is 0 Å². The number of piperazine rings is 1. The van der Waals surface area contributed by atoms with Crippen LogP contribution in [0.15, 0.2) is 36.5 Å². The van der Waals surface area contributed by atoms with Gasteiger partial charge in [0.25, 0.3) is 10.2 Å². The second-order valence-corrected chi connectivity index (χ2v) is 10.8. The van der Waals surface area contributed by atoms with Crippen molar-refractivity contribution in [3.05, 3.63) is 36.5 Å². The minimum absolute atomic E-state index is 0.100. The first kappa shape index (κ1) is 23.1. The Morgan fingerprint density at radius 2 is 1.81 bits per heavy atom. The van der Waals surface area contributed by atoms with Crippen molar-refractivity contribution in [2.75, 3.05) is 38.5 Å². The average Bonchev–Trinajstić information content (AvgIpc) is 2.84.